The van der Waals surface area contributed by atoms with Crippen molar-refractivity contribution in [3.63, 3.8) is 0 Å². The molecule has 0 fully saturated rings. The molecule has 0 aliphatic carbocycles. The van der Waals surface area contributed by atoms with E-state index in [-0.39, 0.29) is 0 Å². The van der Waals surface area contributed by atoms with Crippen molar-refractivity contribution in [1.82, 2.24) is 4.98 Å². The van der Waals surface area contributed by atoms with Gasteiger partial charge in [0.1, 0.15) is 0 Å². The van der Waals surface area contributed by atoms with Crippen LogP contribution in [0.1, 0.15) is 15.9 Å². The molecule has 0 aliphatic heterocycles. The number of benzene rings is 2. The van der Waals surface area contributed by atoms with Crippen LogP contribution in [0.2, 0.25) is 0 Å². The fraction of sp³-hybridized carbons (Fsp3) is 0.0588. The molecule has 1 aromatic heterocycles. The molecular weight excluding hydrogens is 264 g/mol. The summed E-state index contributed by atoms with van der Waals surface area (Å²) in [6, 6.07) is 16.8. The van der Waals surface area contributed by atoms with Gasteiger partial charge in [-0.2, -0.15) is 0 Å². The van der Waals surface area contributed by atoms with Gasteiger partial charge in [-0.15, -0.1) is 0 Å². The van der Waals surface area contributed by atoms with Crippen LogP contribution in [0.15, 0.2) is 60.8 Å². The van der Waals surface area contributed by atoms with E-state index >= 15 is 0 Å². The summed E-state index contributed by atoms with van der Waals surface area (Å²) in [4.78, 5) is 15.2. The molecule has 0 aliphatic rings. The second-order valence-corrected chi connectivity index (χ2v) is 4.77. The minimum atomic E-state index is -0.909. The molecule has 0 radical (unpaired) electrons. The number of aromatic carboxylic acids is 1. The summed E-state index contributed by atoms with van der Waals surface area (Å²) in [7, 11) is 0. The highest BCUT2D eigenvalue weighted by atomic mass is 16.4. The molecule has 1 heterocycles. The molecule has 2 aromatic carbocycles. The Labute approximate surface area is 122 Å². The van der Waals surface area contributed by atoms with E-state index in [4.69, 9.17) is 5.11 Å². The highest BCUT2D eigenvalue weighted by Crippen LogP contribution is 2.16. The molecule has 0 saturated heterocycles. The summed E-state index contributed by atoms with van der Waals surface area (Å²) in [6.07, 6.45) is 1.80. The van der Waals surface area contributed by atoms with E-state index in [9.17, 15) is 4.79 Å². The lowest BCUT2D eigenvalue weighted by Crippen LogP contribution is -2.01. The lowest BCUT2D eigenvalue weighted by molar-refractivity contribution is 0.0697. The highest BCUT2D eigenvalue weighted by molar-refractivity contribution is 5.87. The van der Waals surface area contributed by atoms with Gasteiger partial charge in [-0.05, 0) is 29.8 Å². The monoisotopic (exact) mass is 278 g/mol. The largest absolute Gasteiger partial charge is 0.478 e. The van der Waals surface area contributed by atoms with Crippen LogP contribution in [0.3, 0.4) is 0 Å². The van der Waals surface area contributed by atoms with Gasteiger partial charge in [0.2, 0.25) is 0 Å². The number of pyridine rings is 1. The number of aromatic nitrogens is 1. The first-order valence-corrected chi connectivity index (χ1v) is 6.63. The van der Waals surface area contributed by atoms with Gasteiger partial charge in [-0.3, -0.25) is 4.98 Å². The number of fused-ring (bicyclic) bond motifs is 1. The average Bonchev–Trinajstić information content (AvgIpc) is 2.53. The third-order valence-electron chi connectivity index (χ3n) is 3.29. The number of hydrogen-bond acceptors (Lipinski definition) is 3. The number of nitrogens with zero attached hydrogens (tertiary/aromatic N) is 1. The van der Waals surface area contributed by atoms with Gasteiger partial charge in [0.15, 0.2) is 0 Å². The smallest absolute Gasteiger partial charge is 0.335 e. The van der Waals surface area contributed by atoms with Crippen molar-refractivity contribution in [2.45, 2.75) is 6.54 Å². The van der Waals surface area contributed by atoms with Crippen molar-refractivity contribution >= 4 is 22.6 Å². The maximum Gasteiger partial charge on any atom is 0.335 e. The Balaban J connectivity index is 1.72. The minimum Gasteiger partial charge on any atom is -0.478 e. The third kappa shape index (κ3) is 3.00. The van der Waals surface area contributed by atoms with Gasteiger partial charge in [0.05, 0.1) is 23.0 Å². The number of carboxylic acid groups (broad SMARTS) is 1. The fourth-order valence-electron chi connectivity index (χ4n) is 2.14. The van der Waals surface area contributed by atoms with Gasteiger partial charge in [0, 0.05) is 11.9 Å². The normalized spacial score (nSPS) is 10.5. The van der Waals surface area contributed by atoms with Crippen LogP contribution in [-0.4, -0.2) is 16.1 Å². The Kier molecular flexibility index (Phi) is 3.51. The zero-order valence-corrected chi connectivity index (χ0v) is 11.3. The first-order chi connectivity index (χ1) is 10.2. The van der Waals surface area contributed by atoms with Crippen molar-refractivity contribution in [2.75, 3.05) is 5.32 Å². The molecular formula is C17H14N2O2. The van der Waals surface area contributed by atoms with Gasteiger partial charge >= 0.3 is 5.97 Å². The maximum absolute atomic E-state index is 10.8. The van der Waals surface area contributed by atoms with Crippen molar-refractivity contribution in [3.05, 3.63) is 71.9 Å². The second kappa shape index (κ2) is 5.63. The number of rotatable bonds is 4. The Morgan fingerprint density at radius 3 is 2.62 bits per heavy atom. The number of para-hydroxylation sites is 1. The summed E-state index contributed by atoms with van der Waals surface area (Å²) in [5.74, 6) is -0.909. The number of nitrogens with one attached hydrogen (secondary N) is 1. The van der Waals surface area contributed by atoms with Crippen LogP contribution < -0.4 is 5.32 Å². The highest BCUT2D eigenvalue weighted by Gasteiger charge is 2.02. The Bertz CT molecular complexity index is 782. The van der Waals surface area contributed by atoms with Crippen LogP contribution >= 0.6 is 0 Å². The Hall–Kier alpha value is -2.88. The van der Waals surface area contributed by atoms with Crippen molar-refractivity contribution in [2.24, 2.45) is 0 Å². The average molecular weight is 278 g/mol. The Morgan fingerprint density at radius 1 is 1.10 bits per heavy atom. The van der Waals surface area contributed by atoms with E-state index < -0.39 is 5.97 Å². The summed E-state index contributed by atoms with van der Waals surface area (Å²) >= 11 is 0. The predicted octanol–water partition coefficient (Wildman–Crippen LogP) is 3.55. The summed E-state index contributed by atoms with van der Waals surface area (Å²) in [5.41, 5.74) is 3.23. The van der Waals surface area contributed by atoms with Gasteiger partial charge in [0.25, 0.3) is 0 Å². The molecule has 0 saturated carbocycles. The van der Waals surface area contributed by atoms with Gasteiger partial charge in [-0.1, -0.05) is 30.3 Å². The van der Waals surface area contributed by atoms with Crippen LogP contribution in [0.5, 0.6) is 0 Å². The molecule has 0 amide bonds. The molecule has 3 aromatic rings. The van der Waals surface area contributed by atoms with E-state index in [0.717, 1.165) is 22.2 Å². The summed E-state index contributed by atoms with van der Waals surface area (Å²) in [6.45, 7) is 0.625. The molecule has 2 N–H and O–H groups in total. The van der Waals surface area contributed by atoms with Gasteiger partial charge < -0.3 is 10.4 Å². The molecule has 0 spiro atoms. The van der Waals surface area contributed by atoms with Crippen LogP contribution in [0.25, 0.3) is 10.9 Å². The number of hydrogen-bond donors (Lipinski definition) is 2. The second-order valence-electron chi connectivity index (χ2n) is 4.77. The van der Waals surface area contributed by atoms with E-state index in [0.29, 0.717) is 12.1 Å². The zero-order valence-electron chi connectivity index (χ0n) is 11.3. The molecule has 21 heavy (non-hydrogen) atoms. The predicted molar refractivity (Wildman–Crippen MR) is 82.5 cm³/mol. The quantitative estimate of drug-likeness (QED) is 0.766. The molecule has 4 nitrogen and oxygen atoms in total. The first-order valence-electron chi connectivity index (χ1n) is 6.63. The number of carboxylic acids is 1. The topological polar surface area (TPSA) is 62.2 Å². The third-order valence-corrected chi connectivity index (χ3v) is 3.29. The molecule has 0 atom stereocenters. The van der Waals surface area contributed by atoms with Gasteiger partial charge in [-0.25, -0.2) is 4.79 Å². The Morgan fingerprint density at radius 2 is 1.86 bits per heavy atom. The SMILES string of the molecule is O=C(O)c1ccc(CNc2cnc3ccccc3c2)cc1. The van der Waals surface area contributed by atoms with Crippen LogP contribution in [0.4, 0.5) is 5.69 Å². The van der Waals surface area contributed by atoms with E-state index in [1.54, 1.807) is 18.3 Å². The zero-order chi connectivity index (χ0) is 14.7. The van der Waals surface area contributed by atoms with E-state index in [1.807, 2.05) is 42.5 Å². The molecule has 104 valence electrons. The van der Waals surface area contributed by atoms with Crippen molar-refractivity contribution in [3.8, 4) is 0 Å². The lowest BCUT2D eigenvalue weighted by Gasteiger charge is -2.07. The van der Waals surface area contributed by atoms with Crippen LogP contribution in [-0.2, 0) is 6.54 Å². The minimum absolute atomic E-state index is 0.297. The summed E-state index contributed by atoms with van der Waals surface area (Å²) in [5, 5.41) is 13.2. The van der Waals surface area contributed by atoms with Crippen molar-refractivity contribution < 1.29 is 9.90 Å². The maximum atomic E-state index is 10.8. The lowest BCUT2D eigenvalue weighted by atomic mass is 10.1. The van der Waals surface area contributed by atoms with Crippen molar-refractivity contribution in [1.29, 1.82) is 0 Å². The first kappa shape index (κ1) is 13.1. The van der Waals surface area contributed by atoms with E-state index in [1.165, 1.54) is 0 Å². The number of anilines is 1. The number of carbonyl (C=O) groups is 1. The van der Waals surface area contributed by atoms with Crippen LogP contribution in [0, 0.1) is 0 Å². The standard InChI is InChI=1S/C17H14N2O2/c20-17(21)13-7-5-12(6-8-13)10-18-15-9-14-3-1-2-4-16(14)19-11-15/h1-9,11,18H,10H2,(H,20,21). The molecule has 4 heteroatoms. The van der Waals surface area contributed by atoms with E-state index in [2.05, 4.69) is 10.3 Å². The molecule has 0 unspecified atom stereocenters. The fourth-order valence-corrected chi connectivity index (χ4v) is 2.14. The summed E-state index contributed by atoms with van der Waals surface area (Å²) < 4.78 is 0. The molecule has 0 bridgehead atoms. The molecule has 3 rings (SSSR count).